The number of hydrogen-bond acceptors (Lipinski definition) is 3. The topological polar surface area (TPSA) is 51.2 Å². The second kappa shape index (κ2) is 43.6. The Kier molecular flexibility index (Phi) is 42.4. The van der Waals surface area contributed by atoms with Crippen LogP contribution in [0.3, 0.4) is 0 Å². The van der Waals surface area contributed by atoms with Gasteiger partial charge in [0.1, 0.15) is 11.7 Å². The van der Waals surface area contributed by atoms with Crippen molar-refractivity contribution in [1.82, 2.24) is 0 Å². The first-order valence-electron chi connectivity index (χ1n) is 24.9. The minimum Gasteiger partial charge on any atom is -0.302 e. The lowest BCUT2D eigenvalue weighted by Gasteiger charge is -2.25. The molecule has 3 nitrogen and oxygen atoms in total. The van der Waals surface area contributed by atoms with Crippen LogP contribution in [0.25, 0.3) is 0 Å². The van der Waals surface area contributed by atoms with E-state index in [1.54, 1.807) is 0 Å². The molecule has 0 aliphatic heterocycles. The molecule has 0 rings (SSSR count). The summed E-state index contributed by atoms with van der Waals surface area (Å²) < 4.78 is 0. The molecular weight excluding hydrogens is 675 g/mol. The highest BCUT2D eigenvalue weighted by atomic mass is 16.3. The van der Waals surface area contributed by atoms with Gasteiger partial charge in [-0.2, -0.15) is 0 Å². The summed E-state index contributed by atoms with van der Waals surface area (Å²) >= 11 is 0. The standard InChI is InChI=1S/C52H96O3/c1-4-7-10-13-16-19-22-25-27-29-32-35-38-41-44-47-51(55)52(49-53,48-45-42-39-36-33-30-26-23-20-17-14-11-8-5-2)50(54)46-43-40-37-34-31-28-24-21-18-15-12-9-6-3/h25-27,30,49H,4-24,28-29,31-48H2,1-3H3/i49+2. The van der Waals surface area contributed by atoms with Gasteiger partial charge in [-0.05, 0) is 70.6 Å². The van der Waals surface area contributed by atoms with Crippen molar-refractivity contribution in [2.24, 2.45) is 5.41 Å². The molecule has 0 aliphatic rings. The summed E-state index contributed by atoms with van der Waals surface area (Å²) in [5, 5.41) is 0. The number of hydrogen-bond donors (Lipinski definition) is 0. The number of Topliss-reactive ketones (excluding diaryl/α,β-unsaturated/α-hetero) is 2. The smallest absolute Gasteiger partial charge is 0.153 e. The molecule has 0 bridgehead atoms. The van der Waals surface area contributed by atoms with Gasteiger partial charge in [-0.25, -0.2) is 0 Å². The predicted molar refractivity (Wildman–Crippen MR) is 243 cm³/mol. The summed E-state index contributed by atoms with van der Waals surface area (Å²) in [6.45, 7) is 6.81. The molecule has 0 heterocycles. The van der Waals surface area contributed by atoms with Gasteiger partial charge in [-0.15, -0.1) is 0 Å². The van der Waals surface area contributed by atoms with Crippen LogP contribution < -0.4 is 0 Å². The van der Waals surface area contributed by atoms with Gasteiger partial charge in [0.25, 0.3) is 0 Å². The third-order valence-electron chi connectivity index (χ3n) is 12.0. The molecule has 3 heteroatoms. The van der Waals surface area contributed by atoms with Crippen LogP contribution in [-0.4, -0.2) is 17.9 Å². The third kappa shape index (κ3) is 34.3. The Bertz CT molecular complexity index is 887. The zero-order valence-corrected chi connectivity index (χ0v) is 37.6. The van der Waals surface area contributed by atoms with Gasteiger partial charge in [0.05, 0.1) is 0 Å². The van der Waals surface area contributed by atoms with E-state index in [1.165, 1.54) is 167 Å². The first-order chi connectivity index (χ1) is 27.1. The molecule has 1 unspecified atom stereocenters. The van der Waals surface area contributed by atoms with E-state index in [1.807, 2.05) is 0 Å². The maximum Gasteiger partial charge on any atom is 0.153 e. The molecule has 0 saturated heterocycles. The van der Waals surface area contributed by atoms with Crippen molar-refractivity contribution in [2.75, 3.05) is 0 Å². The fourth-order valence-electron chi connectivity index (χ4n) is 8.03. The molecule has 1 atom stereocenters. The number of carbonyl (C=O) groups is 3. The van der Waals surface area contributed by atoms with Gasteiger partial charge in [-0.3, -0.25) is 9.59 Å². The number of allylic oxidation sites excluding steroid dienone is 4. The van der Waals surface area contributed by atoms with E-state index in [4.69, 9.17) is 0 Å². The number of unbranched alkanes of at least 4 members (excludes halogenated alkanes) is 33. The molecule has 0 amide bonds. The van der Waals surface area contributed by atoms with Crippen molar-refractivity contribution in [2.45, 2.75) is 284 Å². The Labute approximate surface area is 344 Å². The first kappa shape index (κ1) is 53.5. The Morgan fingerprint density at radius 2 is 0.582 bits per heavy atom. The molecular formula is C52H96O3. The van der Waals surface area contributed by atoms with Crippen molar-refractivity contribution in [3.05, 3.63) is 24.3 Å². The molecule has 0 aliphatic carbocycles. The Morgan fingerprint density at radius 3 is 0.855 bits per heavy atom. The third-order valence-corrected chi connectivity index (χ3v) is 12.0. The van der Waals surface area contributed by atoms with E-state index in [2.05, 4.69) is 45.1 Å². The SMILES string of the molecule is CCCCCCCCC=CCCCCCCCC(=O)C(CCCCCCC=CCCCCCCCC)([14CH]=O)C(=O)CCCCCCCCCCCCCCC. The molecule has 55 heavy (non-hydrogen) atoms. The molecule has 0 N–H and O–H groups in total. The van der Waals surface area contributed by atoms with Crippen LogP contribution in [0.15, 0.2) is 24.3 Å². The predicted octanol–water partition coefficient (Wildman–Crippen LogP) is 17.5. The highest BCUT2D eigenvalue weighted by Crippen LogP contribution is 2.31. The highest BCUT2D eigenvalue weighted by molar-refractivity contribution is 6.18. The minimum atomic E-state index is -1.41. The lowest BCUT2D eigenvalue weighted by molar-refractivity contribution is -0.145. The van der Waals surface area contributed by atoms with Crippen LogP contribution in [0.4, 0.5) is 0 Å². The monoisotopic (exact) mass is 771 g/mol. The maximum absolute atomic E-state index is 13.7. The molecule has 0 radical (unpaired) electrons. The summed E-state index contributed by atoms with van der Waals surface area (Å²) in [7, 11) is 0. The molecule has 0 aromatic rings. The fraction of sp³-hybridized carbons (Fsp3) is 0.865. The number of rotatable bonds is 46. The van der Waals surface area contributed by atoms with E-state index >= 15 is 0 Å². The van der Waals surface area contributed by atoms with E-state index in [0.29, 0.717) is 19.3 Å². The van der Waals surface area contributed by atoms with Gasteiger partial charge in [0.15, 0.2) is 11.6 Å². The Morgan fingerprint density at radius 1 is 0.345 bits per heavy atom. The van der Waals surface area contributed by atoms with Gasteiger partial charge in [0, 0.05) is 12.8 Å². The van der Waals surface area contributed by atoms with Crippen molar-refractivity contribution in [3.63, 3.8) is 0 Å². The summed E-state index contributed by atoms with van der Waals surface area (Å²) in [4.78, 5) is 40.1. The summed E-state index contributed by atoms with van der Waals surface area (Å²) in [5.74, 6) is -0.196. The lowest BCUT2D eigenvalue weighted by atomic mass is 9.80. The van der Waals surface area contributed by atoms with Crippen LogP contribution in [0, 0.1) is 5.41 Å². The molecule has 0 aromatic heterocycles. The Balaban J connectivity index is 4.58. The van der Waals surface area contributed by atoms with Gasteiger partial charge < -0.3 is 4.79 Å². The van der Waals surface area contributed by atoms with Gasteiger partial charge in [0.2, 0.25) is 0 Å². The van der Waals surface area contributed by atoms with Crippen molar-refractivity contribution >= 4 is 17.9 Å². The minimum absolute atomic E-state index is 0.0963. The van der Waals surface area contributed by atoms with Crippen LogP contribution in [0.5, 0.6) is 0 Å². The van der Waals surface area contributed by atoms with Crippen molar-refractivity contribution in [3.8, 4) is 0 Å². The molecule has 0 spiro atoms. The zero-order valence-electron chi connectivity index (χ0n) is 37.6. The number of ketones is 2. The highest BCUT2D eigenvalue weighted by Gasteiger charge is 2.43. The lowest BCUT2D eigenvalue weighted by Crippen LogP contribution is -2.41. The van der Waals surface area contributed by atoms with E-state index in [-0.39, 0.29) is 11.6 Å². The second-order valence-corrected chi connectivity index (χ2v) is 17.2. The van der Waals surface area contributed by atoms with Crippen LogP contribution in [0.2, 0.25) is 0 Å². The summed E-state index contributed by atoms with van der Waals surface area (Å²) in [5.41, 5.74) is -1.41. The molecule has 0 aromatic carbocycles. The van der Waals surface area contributed by atoms with E-state index < -0.39 is 5.41 Å². The molecule has 322 valence electrons. The van der Waals surface area contributed by atoms with E-state index in [0.717, 1.165) is 83.3 Å². The van der Waals surface area contributed by atoms with Crippen molar-refractivity contribution in [1.29, 1.82) is 0 Å². The number of carbonyl (C=O) groups excluding carboxylic acids is 3. The van der Waals surface area contributed by atoms with E-state index in [9.17, 15) is 14.4 Å². The van der Waals surface area contributed by atoms with Crippen molar-refractivity contribution < 1.29 is 14.4 Å². The normalized spacial score (nSPS) is 12.9. The van der Waals surface area contributed by atoms with Gasteiger partial charge in [-0.1, -0.05) is 225 Å². The molecule has 0 saturated carbocycles. The van der Waals surface area contributed by atoms with Crippen LogP contribution in [0.1, 0.15) is 284 Å². The zero-order chi connectivity index (χ0) is 40.2. The maximum atomic E-state index is 13.7. The Hall–Kier alpha value is -1.51. The number of aldehydes is 1. The summed E-state index contributed by atoms with van der Waals surface area (Å²) in [6.07, 6.45) is 57.8. The van der Waals surface area contributed by atoms with Crippen LogP contribution in [-0.2, 0) is 14.4 Å². The summed E-state index contributed by atoms with van der Waals surface area (Å²) in [6, 6.07) is 0. The molecule has 0 fully saturated rings. The fourth-order valence-corrected chi connectivity index (χ4v) is 8.03. The quantitative estimate of drug-likeness (QED) is 0.0268. The second-order valence-electron chi connectivity index (χ2n) is 17.2. The average Bonchev–Trinajstić information content (AvgIpc) is 3.19. The van der Waals surface area contributed by atoms with Crippen LogP contribution >= 0.6 is 0 Å². The first-order valence-corrected chi connectivity index (χ1v) is 24.9. The largest absolute Gasteiger partial charge is 0.302 e. The average molecular weight is 771 g/mol. The van der Waals surface area contributed by atoms with Gasteiger partial charge >= 0.3 is 0 Å².